The summed E-state index contributed by atoms with van der Waals surface area (Å²) in [5.74, 6) is -0.0340. The number of anilines is 2. The van der Waals surface area contributed by atoms with Gasteiger partial charge in [0.05, 0.1) is 29.1 Å². The number of carbonyl (C=O) groups excluding carboxylic acids is 1. The lowest BCUT2D eigenvalue weighted by Crippen LogP contribution is -2.51. The Balaban J connectivity index is 1.58. The minimum Gasteiger partial charge on any atom is -0.475 e. The van der Waals surface area contributed by atoms with Crippen LogP contribution in [0.2, 0.25) is 0 Å². The summed E-state index contributed by atoms with van der Waals surface area (Å²) in [4.78, 5) is 23.9. The van der Waals surface area contributed by atoms with Gasteiger partial charge >= 0.3 is 0 Å². The third-order valence-corrected chi connectivity index (χ3v) is 8.20. The number of halogens is 1. The van der Waals surface area contributed by atoms with Gasteiger partial charge in [0.1, 0.15) is 18.1 Å². The topological polar surface area (TPSA) is 126 Å². The molecule has 1 aliphatic heterocycles. The molecule has 2 aliphatic rings. The predicted octanol–water partition coefficient (Wildman–Crippen LogP) is 3.03. The number of hydrogen-bond acceptors (Lipinski definition) is 8. The van der Waals surface area contributed by atoms with E-state index in [1.165, 1.54) is 18.3 Å². The van der Waals surface area contributed by atoms with Crippen LogP contribution in [0, 0.1) is 11.7 Å². The van der Waals surface area contributed by atoms with Crippen molar-refractivity contribution in [2.24, 2.45) is 5.92 Å². The molecule has 1 saturated carbocycles. The van der Waals surface area contributed by atoms with E-state index in [0.29, 0.717) is 41.8 Å². The Morgan fingerprint density at radius 1 is 1.20 bits per heavy atom. The second-order valence-corrected chi connectivity index (χ2v) is 12.8. The van der Waals surface area contributed by atoms with Crippen LogP contribution in [-0.4, -0.2) is 70.4 Å². The van der Waals surface area contributed by atoms with Crippen molar-refractivity contribution < 1.29 is 22.3 Å². The highest BCUT2D eigenvalue weighted by Gasteiger charge is 2.58. The lowest BCUT2D eigenvalue weighted by molar-refractivity contribution is -0.127. The highest BCUT2D eigenvalue weighted by atomic mass is 32.2. The van der Waals surface area contributed by atoms with Gasteiger partial charge in [-0.3, -0.25) is 14.5 Å². The van der Waals surface area contributed by atoms with Crippen molar-refractivity contribution in [1.29, 1.82) is 0 Å². The fraction of sp³-hybridized carbons (Fsp3) is 0.464. The minimum atomic E-state index is -3.67. The average molecular weight is 571 g/mol. The van der Waals surface area contributed by atoms with Crippen molar-refractivity contribution in [2.45, 2.75) is 38.1 Å². The average Bonchev–Trinajstić information content (AvgIpc) is 3.08. The maximum Gasteiger partial charge on any atom is 0.238 e. The van der Waals surface area contributed by atoms with Crippen molar-refractivity contribution in [2.75, 3.05) is 49.7 Å². The lowest BCUT2D eigenvalue weighted by atomic mass is 9.58. The zero-order valence-electron chi connectivity index (χ0n) is 23.3. The van der Waals surface area contributed by atoms with Crippen molar-refractivity contribution in [3.8, 4) is 17.0 Å². The molecule has 0 radical (unpaired) electrons. The molecule has 10 nitrogen and oxygen atoms in total. The van der Waals surface area contributed by atoms with Crippen LogP contribution < -0.4 is 25.0 Å². The molecule has 0 unspecified atom stereocenters. The number of hydrogen-bond donors (Lipinski definition) is 3. The molecule has 1 spiro atoms. The van der Waals surface area contributed by atoms with Crippen LogP contribution in [0.3, 0.4) is 0 Å². The van der Waals surface area contributed by atoms with Gasteiger partial charge in [0.25, 0.3) is 0 Å². The molecule has 40 heavy (non-hydrogen) atoms. The van der Waals surface area contributed by atoms with E-state index >= 15 is 4.39 Å². The van der Waals surface area contributed by atoms with Gasteiger partial charge in [-0.15, -0.1) is 0 Å². The summed E-state index contributed by atoms with van der Waals surface area (Å²) in [5.41, 5.74) is 2.10. The van der Waals surface area contributed by atoms with E-state index in [4.69, 9.17) is 4.74 Å². The summed E-state index contributed by atoms with van der Waals surface area (Å²) in [5, 5.41) is 7.11. The van der Waals surface area contributed by atoms with E-state index in [9.17, 15) is 13.2 Å². The number of aromatic nitrogens is 2. The number of rotatable bonds is 10. The summed E-state index contributed by atoms with van der Waals surface area (Å²) in [6.45, 7) is 5.65. The van der Waals surface area contributed by atoms with Gasteiger partial charge in [-0.25, -0.2) is 17.8 Å². The van der Waals surface area contributed by atoms with Crippen LogP contribution in [0.4, 0.5) is 15.8 Å². The third-order valence-electron chi connectivity index (χ3n) is 7.61. The first-order valence-electron chi connectivity index (χ1n) is 13.3. The molecule has 3 aromatic rings. The second-order valence-electron chi connectivity index (χ2n) is 11.1. The van der Waals surface area contributed by atoms with E-state index < -0.39 is 21.3 Å². The fourth-order valence-electron chi connectivity index (χ4n) is 5.94. The molecule has 0 bridgehead atoms. The number of nitrogens with one attached hydrogen (secondary N) is 3. The number of pyridine rings is 2. The Morgan fingerprint density at radius 2 is 1.95 bits per heavy atom. The Labute approximate surface area is 233 Å². The Bertz CT molecular complexity index is 1570. The van der Waals surface area contributed by atoms with Gasteiger partial charge in [0.15, 0.2) is 0 Å². The molecule has 3 heterocycles. The van der Waals surface area contributed by atoms with E-state index in [0.717, 1.165) is 24.1 Å². The Morgan fingerprint density at radius 3 is 2.62 bits per heavy atom. The second kappa shape index (κ2) is 10.6. The largest absolute Gasteiger partial charge is 0.475 e. The molecule has 3 N–H and O–H groups in total. The van der Waals surface area contributed by atoms with Crippen LogP contribution >= 0.6 is 0 Å². The number of sulfonamides is 1. The van der Waals surface area contributed by atoms with Crippen molar-refractivity contribution in [3.63, 3.8) is 0 Å². The maximum absolute atomic E-state index is 15.5. The van der Waals surface area contributed by atoms with Crippen LogP contribution in [0.5, 0.6) is 5.88 Å². The fourth-order valence-corrected chi connectivity index (χ4v) is 6.48. The number of amides is 1. The van der Waals surface area contributed by atoms with Crippen LogP contribution in [0.1, 0.15) is 32.3 Å². The van der Waals surface area contributed by atoms with E-state index in [1.54, 1.807) is 24.2 Å². The minimum absolute atomic E-state index is 0.0322. The summed E-state index contributed by atoms with van der Waals surface area (Å²) in [6, 6.07) is 4.84. The van der Waals surface area contributed by atoms with Crippen LogP contribution in [0.15, 0.2) is 30.6 Å². The Hall–Kier alpha value is -3.35. The summed E-state index contributed by atoms with van der Waals surface area (Å²) in [7, 11) is -0.0163. The zero-order chi connectivity index (χ0) is 28.8. The molecule has 1 aliphatic carbocycles. The monoisotopic (exact) mass is 570 g/mol. The number of likely N-dealkylation sites (N-methyl/N-ethyl adjacent to an activating group) is 1. The van der Waals surface area contributed by atoms with Crippen molar-refractivity contribution in [3.05, 3.63) is 42.0 Å². The van der Waals surface area contributed by atoms with Gasteiger partial charge < -0.3 is 20.3 Å². The molecular formula is C28H35FN6O4S. The molecule has 1 amide bonds. The standard InChI is InChI=1S/C28H35FN6O4S/c1-16(2)31-6-7-39-26-23(34-40(5,37)38)8-18(14-33-26)19-9-20-22(10-21(19)29)32-15-24-25(20)28(27(36)35(24)4)11-17(12-28)13-30-3/h8-10,14-17,30-31,34H,6-7,11-13H2,1-5H3/t17-,28-. The van der Waals surface area contributed by atoms with Gasteiger partial charge in [0.2, 0.25) is 21.8 Å². The normalized spacial score (nSPS) is 20.3. The molecule has 0 atom stereocenters. The first kappa shape index (κ1) is 28.2. The summed E-state index contributed by atoms with van der Waals surface area (Å²) < 4.78 is 47.9. The van der Waals surface area contributed by atoms with Crippen LogP contribution in [-0.2, 0) is 20.2 Å². The molecule has 214 valence electrons. The molecule has 5 rings (SSSR count). The third kappa shape index (κ3) is 5.11. The molecule has 1 aromatic carbocycles. The molecule has 1 fully saturated rings. The van der Waals surface area contributed by atoms with E-state index in [1.807, 2.05) is 20.9 Å². The lowest BCUT2D eigenvalue weighted by Gasteiger charge is -2.44. The van der Waals surface area contributed by atoms with Gasteiger partial charge in [-0.05, 0) is 44.5 Å². The van der Waals surface area contributed by atoms with Gasteiger partial charge in [-0.1, -0.05) is 13.8 Å². The van der Waals surface area contributed by atoms with Gasteiger partial charge in [-0.2, -0.15) is 0 Å². The van der Waals surface area contributed by atoms with Crippen LogP contribution in [0.25, 0.3) is 22.0 Å². The van der Waals surface area contributed by atoms with Gasteiger partial charge in [0, 0.05) is 54.0 Å². The molecule has 12 heteroatoms. The zero-order valence-corrected chi connectivity index (χ0v) is 24.2. The maximum atomic E-state index is 15.5. The number of benzene rings is 1. The smallest absolute Gasteiger partial charge is 0.238 e. The SMILES string of the molecule is CNC[C@H]1C[C@@]2(C1)C(=O)N(C)c1cnc3cc(F)c(-c4cnc(OCCNC(C)C)c(NS(C)(=O)=O)c4)cc3c12. The number of nitrogens with zero attached hydrogens (tertiary/aromatic N) is 3. The van der Waals surface area contributed by atoms with E-state index in [-0.39, 0.29) is 35.7 Å². The highest BCUT2D eigenvalue weighted by Crippen LogP contribution is 2.57. The first-order valence-corrected chi connectivity index (χ1v) is 15.2. The highest BCUT2D eigenvalue weighted by molar-refractivity contribution is 7.92. The van der Waals surface area contributed by atoms with Crippen molar-refractivity contribution in [1.82, 2.24) is 20.6 Å². The number of fused-ring (bicyclic) bond motifs is 4. The summed E-state index contributed by atoms with van der Waals surface area (Å²) in [6.07, 6.45) is 5.54. The first-order chi connectivity index (χ1) is 18.9. The number of carbonyl (C=O) groups is 1. The molecular weight excluding hydrogens is 535 g/mol. The molecule has 2 aromatic heterocycles. The quantitative estimate of drug-likeness (QED) is 0.318. The summed E-state index contributed by atoms with van der Waals surface area (Å²) >= 11 is 0. The predicted molar refractivity (Wildman–Crippen MR) is 154 cm³/mol. The Kier molecular flexibility index (Phi) is 7.45. The number of ether oxygens (including phenoxy) is 1. The van der Waals surface area contributed by atoms with Crippen molar-refractivity contribution >= 4 is 38.2 Å². The van der Waals surface area contributed by atoms with E-state index in [2.05, 4.69) is 25.3 Å². The molecule has 0 saturated heterocycles.